The van der Waals surface area contributed by atoms with Crippen molar-refractivity contribution in [3.8, 4) is 0 Å². The van der Waals surface area contributed by atoms with Gasteiger partial charge in [0, 0.05) is 25.4 Å². The number of rotatable bonds is 6. The second-order valence-electron chi connectivity index (χ2n) is 6.12. The zero-order valence-corrected chi connectivity index (χ0v) is 15.8. The lowest BCUT2D eigenvalue weighted by Gasteiger charge is -2.14. The smallest absolute Gasteiger partial charge is 0.275 e. The summed E-state index contributed by atoms with van der Waals surface area (Å²) in [6.45, 7) is 4.52. The molecule has 0 unspecified atom stereocenters. The van der Waals surface area contributed by atoms with Crippen LogP contribution in [-0.4, -0.2) is 34.1 Å². The van der Waals surface area contributed by atoms with Crippen molar-refractivity contribution >= 4 is 27.3 Å². The standard InChI is InChI=1S/C18H21N5O2S/c1-4-13-5-7-14(8-6-13)10-19-15(24)11-22(3)18-21-23-16(25)9-12(2)20-17(23)26-18/h5-9H,4,10-11H2,1-3H3,(H,19,24). The van der Waals surface area contributed by atoms with Gasteiger partial charge in [0.1, 0.15) is 0 Å². The number of benzene rings is 1. The third-order valence-electron chi connectivity index (χ3n) is 3.99. The van der Waals surface area contributed by atoms with Crippen LogP contribution in [0.3, 0.4) is 0 Å². The average molecular weight is 371 g/mol. The minimum atomic E-state index is -0.219. The maximum Gasteiger partial charge on any atom is 0.275 e. The van der Waals surface area contributed by atoms with Crippen molar-refractivity contribution in [3.05, 3.63) is 57.5 Å². The van der Waals surface area contributed by atoms with Gasteiger partial charge in [0.2, 0.25) is 16.0 Å². The third-order valence-corrected chi connectivity index (χ3v) is 5.01. The van der Waals surface area contributed by atoms with E-state index < -0.39 is 0 Å². The molecule has 2 aromatic heterocycles. The number of carbonyl (C=O) groups excluding carboxylic acids is 1. The van der Waals surface area contributed by atoms with Crippen LogP contribution in [0.5, 0.6) is 0 Å². The number of nitrogens with zero attached hydrogens (tertiary/aromatic N) is 4. The van der Waals surface area contributed by atoms with Gasteiger partial charge in [-0.25, -0.2) is 4.98 Å². The van der Waals surface area contributed by atoms with Gasteiger partial charge < -0.3 is 10.2 Å². The highest BCUT2D eigenvalue weighted by molar-refractivity contribution is 7.20. The molecule has 3 rings (SSSR count). The Morgan fingerprint density at radius 3 is 2.65 bits per heavy atom. The number of aromatic nitrogens is 3. The molecule has 7 nitrogen and oxygen atoms in total. The summed E-state index contributed by atoms with van der Waals surface area (Å²) >= 11 is 1.28. The van der Waals surface area contributed by atoms with Gasteiger partial charge in [-0.2, -0.15) is 4.52 Å². The maximum atomic E-state index is 12.2. The van der Waals surface area contributed by atoms with E-state index in [-0.39, 0.29) is 18.0 Å². The van der Waals surface area contributed by atoms with Crippen molar-refractivity contribution in [2.75, 3.05) is 18.5 Å². The Bertz CT molecular complexity index is 977. The Kier molecular flexibility index (Phi) is 5.32. The van der Waals surface area contributed by atoms with Crippen molar-refractivity contribution < 1.29 is 4.79 Å². The summed E-state index contributed by atoms with van der Waals surface area (Å²) in [5, 5.41) is 7.73. The topological polar surface area (TPSA) is 79.6 Å². The Hall–Kier alpha value is -2.74. The number of hydrogen-bond donors (Lipinski definition) is 1. The molecule has 2 heterocycles. The number of aryl methyl sites for hydroxylation is 2. The third kappa shape index (κ3) is 4.08. The molecular weight excluding hydrogens is 350 g/mol. The SMILES string of the molecule is CCc1ccc(CNC(=O)CN(C)c2nn3c(=O)cc(C)nc3s2)cc1. The second-order valence-corrected chi connectivity index (χ2v) is 7.05. The molecule has 0 saturated carbocycles. The summed E-state index contributed by atoms with van der Waals surface area (Å²) in [5.74, 6) is -0.109. The van der Waals surface area contributed by atoms with E-state index in [0.29, 0.717) is 22.3 Å². The van der Waals surface area contributed by atoms with Crippen molar-refractivity contribution in [1.29, 1.82) is 0 Å². The Labute approximate surface area is 155 Å². The van der Waals surface area contributed by atoms with Crippen molar-refractivity contribution in [2.45, 2.75) is 26.8 Å². The highest BCUT2D eigenvalue weighted by Gasteiger charge is 2.14. The number of fused-ring (bicyclic) bond motifs is 1. The number of carbonyl (C=O) groups is 1. The molecule has 0 spiro atoms. The minimum Gasteiger partial charge on any atom is -0.350 e. The number of anilines is 1. The fourth-order valence-electron chi connectivity index (χ4n) is 2.50. The molecule has 3 aromatic rings. The molecule has 0 aliphatic carbocycles. The molecule has 136 valence electrons. The zero-order valence-electron chi connectivity index (χ0n) is 15.0. The van der Waals surface area contributed by atoms with E-state index in [4.69, 9.17) is 0 Å². The van der Waals surface area contributed by atoms with E-state index in [1.165, 1.54) is 27.5 Å². The van der Waals surface area contributed by atoms with Crippen molar-refractivity contribution in [1.82, 2.24) is 19.9 Å². The molecule has 26 heavy (non-hydrogen) atoms. The fourth-order valence-corrected chi connectivity index (χ4v) is 3.41. The van der Waals surface area contributed by atoms with Crippen LogP contribution in [0, 0.1) is 6.92 Å². The van der Waals surface area contributed by atoms with E-state index in [1.807, 2.05) is 12.1 Å². The Balaban J connectivity index is 1.61. The van der Waals surface area contributed by atoms with Gasteiger partial charge in [0.05, 0.1) is 6.54 Å². The highest BCUT2D eigenvalue weighted by Crippen LogP contribution is 2.19. The monoisotopic (exact) mass is 371 g/mol. The van der Waals surface area contributed by atoms with Crippen molar-refractivity contribution in [3.63, 3.8) is 0 Å². The van der Waals surface area contributed by atoms with Crippen LogP contribution in [-0.2, 0) is 17.8 Å². The van der Waals surface area contributed by atoms with Crippen LogP contribution in [0.4, 0.5) is 5.13 Å². The molecule has 0 aliphatic rings. The zero-order chi connectivity index (χ0) is 18.7. The molecule has 1 N–H and O–H groups in total. The maximum absolute atomic E-state index is 12.2. The summed E-state index contributed by atoms with van der Waals surface area (Å²) in [6.07, 6.45) is 0.997. The fraction of sp³-hybridized carbons (Fsp3) is 0.333. The lowest BCUT2D eigenvalue weighted by Crippen LogP contribution is -2.34. The quantitative estimate of drug-likeness (QED) is 0.714. The van der Waals surface area contributed by atoms with Crippen LogP contribution < -0.4 is 15.8 Å². The highest BCUT2D eigenvalue weighted by atomic mass is 32.1. The normalized spacial score (nSPS) is 10.9. The van der Waals surface area contributed by atoms with Crippen molar-refractivity contribution in [2.24, 2.45) is 0 Å². The number of nitrogens with one attached hydrogen (secondary N) is 1. The van der Waals surface area contributed by atoms with Gasteiger partial charge in [-0.05, 0) is 24.5 Å². The molecule has 8 heteroatoms. The summed E-state index contributed by atoms with van der Waals surface area (Å²) < 4.78 is 1.26. The van der Waals surface area contributed by atoms with Gasteiger partial charge in [0.15, 0.2) is 0 Å². The predicted octanol–water partition coefficient (Wildman–Crippen LogP) is 1.77. The first kappa shape index (κ1) is 18.1. The summed E-state index contributed by atoms with van der Waals surface area (Å²) in [7, 11) is 1.77. The first-order valence-electron chi connectivity index (χ1n) is 8.39. The predicted molar refractivity (Wildman–Crippen MR) is 103 cm³/mol. The van der Waals surface area contributed by atoms with Gasteiger partial charge in [-0.15, -0.1) is 5.10 Å². The van der Waals surface area contributed by atoms with Gasteiger partial charge in [-0.3, -0.25) is 9.59 Å². The molecule has 0 radical (unpaired) electrons. The molecule has 0 aliphatic heterocycles. The van der Waals surface area contributed by atoms with E-state index in [1.54, 1.807) is 18.9 Å². The molecule has 0 atom stereocenters. The largest absolute Gasteiger partial charge is 0.350 e. The first-order chi connectivity index (χ1) is 12.5. The lowest BCUT2D eigenvalue weighted by atomic mass is 10.1. The number of hydrogen-bond acceptors (Lipinski definition) is 6. The van der Waals surface area contributed by atoms with Gasteiger partial charge >= 0.3 is 0 Å². The average Bonchev–Trinajstić information content (AvgIpc) is 3.05. The van der Waals surface area contributed by atoms with E-state index >= 15 is 0 Å². The van der Waals surface area contributed by atoms with Gasteiger partial charge in [0.25, 0.3) is 5.56 Å². The Morgan fingerprint density at radius 2 is 1.96 bits per heavy atom. The van der Waals surface area contributed by atoms with Gasteiger partial charge in [-0.1, -0.05) is 42.5 Å². The van der Waals surface area contributed by atoms with Crippen LogP contribution in [0.1, 0.15) is 23.7 Å². The summed E-state index contributed by atoms with van der Waals surface area (Å²) in [6, 6.07) is 9.63. The summed E-state index contributed by atoms with van der Waals surface area (Å²) in [4.78, 5) is 30.7. The number of likely N-dealkylation sites (N-methyl/N-ethyl adjacent to an activating group) is 1. The molecule has 0 fully saturated rings. The molecule has 0 bridgehead atoms. The second kappa shape index (κ2) is 7.65. The van der Waals surface area contributed by atoms with Crippen LogP contribution in [0.15, 0.2) is 35.1 Å². The van der Waals surface area contributed by atoms with E-state index in [0.717, 1.165) is 12.0 Å². The van der Waals surface area contributed by atoms with Crippen LogP contribution in [0.25, 0.3) is 4.96 Å². The lowest BCUT2D eigenvalue weighted by molar-refractivity contribution is -0.119. The number of amides is 1. The van der Waals surface area contributed by atoms with E-state index in [9.17, 15) is 9.59 Å². The molecule has 1 aromatic carbocycles. The Morgan fingerprint density at radius 1 is 1.27 bits per heavy atom. The van der Waals surface area contributed by atoms with E-state index in [2.05, 4.69) is 34.5 Å². The molecular formula is C18H21N5O2S. The van der Waals surface area contributed by atoms with Crippen LogP contribution in [0.2, 0.25) is 0 Å². The first-order valence-corrected chi connectivity index (χ1v) is 9.21. The molecule has 1 amide bonds. The minimum absolute atomic E-state index is 0.109. The molecule has 0 saturated heterocycles. The summed E-state index contributed by atoms with van der Waals surface area (Å²) in [5.41, 5.74) is 2.77. The van der Waals surface area contributed by atoms with Crippen LogP contribution >= 0.6 is 11.3 Å².